The lowest BCUT2D eigenvalue weighted by molar-refractivity contribution is 0.628. The third-order valence-corrected chi connectivity index (χ3v) is 4.83. The average Bonchev–Trinajstić information content (AvgIpc) is 2.97. The largest absolute Gasteiger partial charge is 0.330 e. The van der Waals surface area contributed by atoms with Gasteiger partial charge in [-0.3, -0.25) is 0 Å². The summed E-state index contributed by atoms with van der Waals surface area (Å²) in [5.74, 6) is 0.129. The summed E-state index contributed by atoms with van der Waals surface area (Å²) in [4.78, 5) is 0. The van der Waals surface area contributed by atoms with Gasteiger partial charge in [-0.25, -0.2) is 4.39 Å². The summed E-state index contributed by atoms with van der Waals surface area (Å²) in [6.07, 6.45) is 0.950. The van der Waals surface area contributed by atoms with Gasteiger partial charge in [-0.2, -0.15) is 10.5 Å². The Morgan fingerprint density at radius 3 is 2.73 bits per heavy atom. The molecule has 0 aliphatic heterocycles. The number of benzene rings is 1. The molecular formula is C14H12FN5S2. The van der Waals surface area contributed by atoms with Crippen molar-refractivity contribution in [3.63, 3.8) is 0 Å². The molecule has 1 unspecified atom stereocenters. The van der Waals surface area contributed by atoms with Crippen molar-refractivity contribution in [3.05, 3.63) is 30.1 Å². The van der Waals surface area contributed by atoms with Crippen molar-refractivity contribution >= 4 is 33.9 Å². The average molecular weight is 333 g/mol. The van der Waals surface area contributed by atoms with E-state index < -0.39 is 0 Å². The monoisotopic (exact) mass is 333 g/mol. The van der Waals surface area contributed by atoms with Gasteiger partial charge in [-0.05, 0) is 30.7 Å². The number of nitriles is 2. The van der Waals surface area contributed by atoms with E-state index in [4.69, 9.17) is 10.5 Å². The predicted octanol–water partition coefficient (Wildman–Crippen LogP) is 3.96. The van der Waals surface area contributed by atoms with E-state index in [9.17, 15) is 4.39 Å². The van der Waals surface area contributed by atoms with E-state index in [1.807, 2.05) is 6.07 Å². The fraction of sp³-hybridized carbons (Fsp3) is 0.286. The summed E-state index contributed by atoms with van der Waals surface area (Å²) in [5, 5.41) is 29.2. The Morgan fingerprint density at radius 2 is 2.05 bits per heavy atom. The molecule has 1 aromatic carbocycles. The van der Waals surface area contributed by atoms with Crippen molar-refractivity contribution in [2.45, 2.75) is 17.2 Å². The van der Waals surface area contributed by atoms with Gasteiger partial charge in [0.15, 0.2) is 4.34 Å². The fourth-order valence-electron chi connectivity index (χ4n) is 1.57. The SMILES string of the molecule is N#CCCC(C#N)CSc1nnc(Nc2ccc(F)cc2)s1. The number of nitrogens with one attached hydrogen (secondary N) is 1. The zero-order valence-corrected chi connectivity index (χ0v) is 13.1. The lowest BCUT2D eigenvalue weighted by Crippen LogP contribution is -1.99. The molecular weight excluding hydrogens is 321 g/mol. The summed E-state index contributed by atoms with van der Waals surface area (Å²) in [5.41, 5.74) is 0.734. The molecule has 0 aliphatic rings. The maximum atomic E-state index is 12.8. The molecule has 0 bridgehead atoms. The summed E-state index contributed by atoms with van der Waals surface area (Å²) in [6, 6.07) is 10.2. The summed E-state index contributed by atoms with van der Waals surface area (Å²) >= 11 is 2.82. The van der Waals surface area contributed by atoms with Crippen molar-refractivity contribution in [2.24, 2.45) is 5.92 Å². The van der Waals surface area contributed by atoms with Crippen molar-refractivity contribution in [1.82, 2.24) is 10.2 Å². The molecule has 1 atom stereocenters. The minimum absolute atomic E-state index is 0.165. The minimum atomic E-state index is -0.293. The third-order valence-electron chi connectivity index (χ3n) is 2.70. The second kappa shape index (κ2) is 8.32. The molecule has 8 heteroatoms. The highest BCUT2D eigenvalue weighted by Gasteiger charge is 2.11. The number of hydrogen-bond acceptors (Lipinski definition) is 7. The summed E-state index contributed by atoms with van der Waals surface area (Å²) in [6.45, 7) is 0. The predicted molar refractivity (Wildman–Crippen MR) is 84.3 cm³/mol. The van der Waals surface area contributed by atoms with Gasteiger partial charge >= 0.3 is 0 Å². The number of thioether (sulfide) groups is 1. The first-order valence-electron chi connectivity index (χ1n) is 6.46. The highest BCUT2D eigenvalue weighted by Crippen LogP contribution is 2.29. The number of hydrogen-bond donors (Lipinski definition) is 1. The van der Waals surface area contributed by atoms with E-state index in [0.717, 1.165) is 10.0 Å². The molecule has 22 heavy (non-hydrogen) atoms. The zero-order chi connectivity index (χ0) is 15.8. The second-order valence-electron chi connectivity index (χ2n) is 4.34. The van der Waals surface area contributed by atoms with E-state index in [-0.39, 0.29) is 11.7 Å². The van der Waals surface area contributed by atoms with E-state index >= 15 is 0 Å². The first-order chi connectivity index (χ1) is 10.7. The first kappa shape index (κ1) is 16.2. The van der Waals surface area contributed by atoms with Gasteiger partial charge in [0.25, 0.3) is 0 Å². The molecule has 1 aromatic heterocycles. The van der Waals surface area contributed by atoms with Crippen LogP contribution in [0.2, 0.25) is 0 Å². The lowest BCUT2D eigenvalue weighted by Gasteiger charge is -2.03. The van der Waals surface area contributed by atoms with E-state index in [2.05, 4.69) is 21.6 Å². The van der Waals surface area contributed by atoms with Crippen LogP contribution in [0.15, 0.2) is 28.6 Å². The van der Waals surface area contributed by atoms with Crippen molar-refractivity contribution < 1.29 is 4.39 Å². The molecule has 0 spiro atoms. The quantitative estimate of drug-likeness (QED) is 0.772. The van der Waals surface area contributed by atoms with Crippen LogP contribution < -0.4 is 5.32 Å². The van der Waals surface area contributed by atoms with Crippen LogP contribution in [0, 0.1) is 34.4 Å². The lowest BCUT2D eigenvalue weighted by atomic mass is 10.1. The summed E-state index contributed by atoms with van der Waals surface area (Å²) in [7, 11) is 0. The molecule has 0 radical (unpaired) electrons. The Hall–Kier alpha value is -2.16. The van der Waals surface area contributed by atoms with Crippen LogP contribution in [-0.2, 0) is 0 Å². The van der Waals surface area contributed by atoms with Gasteiger partial charge in [-0.15, -0.1) is 10.2 Å². The standard InChI is InChI=1S/C14H12FN5S2/c15-11-3-5-12(6-4-11)18-13-19-20-14(22-13)21-9-10(8-17)2-1-7-16/h3-6,10H,1-2,9H2,(H,18,19). The van der Waals surface area contributed by atoms with Gasteiger partial charge < -0.3 is 5.32 Å². The van der Waals surface area contributed by atoms with Crippen LogP contribution in [0.4, 0.5) is 15.2 Å². The number of rotatable bonds is 7. The molecule has 1 N–H and O–H groups in total. The molecule has 5 nitrogen and oxygen atoms in total. The van der Waals surface area contributed by atoms with Crippen LogP contribution >= 0.6 is 23.1 Å². The Bertz CT molecular complexity index is 686. The summed E-state index contributed by atoms with van der Waals surface area (Å²) < 4.78 is 13.6. The normalized spacial score (nSPS) is 11.4. The number of nitrogens with zero attached hydrogens (tertiary/aromatic N) is 4. The number of anilines is 2. The molecule has 112 valence electrons. The van der Waals surface area contributed by atoms with E-state index in [1.165, 1.54) is 35.2 Å². The fourth-order valence-corrected chi connectivity index (χ4v) is 3.43. The van der Waals surface area contributed by atoms with Crippen LogP contribution in [0.5, 0.6) is 0 Å². The van der Waals surface area contributed by atoms with Crippen molar-refractivity contribution in [3.8, 4) is 12.1 Å². The Morgan fingerprint density at radius 1 is 1.27 bits per heavy atom. The van der Waals surface area contributed by atoms with Crippen LogP contribution in [-0.4, -0.2) is 16.0 Å². The molecule has 2 rings (SSSR count). The maximum absolute atomic E-state index is 12.8. The van der Waals surface area contributed by atoms with E-state index in [1.54, 1.807) is 12.1 Å². The van der Waals surface area contributed by atoms with E-state index in [0.29, 0.717) is 23.7 Å². The molecule has 2 aromatic rings. The minimum Gasteiger partial charge on any atom is -0.330 e. The van der Waals surface area contributed by atoms with Gasteiger partial charge in [-0.1, -0.05) is 23.1 Å². The Balaban J connectivity index is 1.87. The van der Waals surface area contributed by atoms with Crippen molar-refractivity contribution in [1.29, 1.82) is 10.5 Å². The molecule has 1 heterocycles. The zero-order valence-electron chi connectivity index (χ0n) is 11.5. The van der Waals surface area contributed by atoms with Crippen LogP contribution in [0.25, 0.3) is 0 Å². The number of aromatic nitrogens is 2. The molecule has 0 aliphatic carbocycles. The highest BCUT2D eigenvalue weighted by molar-refractivity contribution is 8.01. The smallest absolute Gasteiger partial charge is 0.210 e. The topological polar surface area (TPSA) is 85.4 Å². The molecule has 0 saturated carbocycles. The number of halogens is 1. The first-order valence-corrected chi connectivity index (χ1v) is 8.27. The Labute approximate surface area is 135 Å². The van der Waals surface area contributed by atoms with Gasteiger partial charge in [0.05, 0.1) is 18.1 Å². The maximum Gasteiger partial charge on any atom is 0.210 e. The molecule has 0 amide bonds. The highest BCUT2D eigenvalue weighted by atomic mass is 32.2. The van der Waals surface area contributed by atoms with Crippen LogP contribution in [0.1, 0.15) is 12.8 Å². The third kappa shape index (κ3) is 4.99. The molecule has 0 fully saturated rings. The second-order valence-corrected chi connectivity index (χ2v) is 6.58. The van der Waals surface area contributed by atoms with Crippen molar-refractivity contribution in [2.75, 3.05) is 11.1 Å². The van der Waals surface area contributed by atoms with Gasteiger partial charge in [0.2, 0.25) is 5.13 Å². The van der Waals surface area contributed by atoms with Gasteiger partial charge in [0, 0.05) is 17.9 Å². The van der Waals surface area contributed by atoms with Gasteiger partial charge in [0.1, 0.15) is 5.82 Å². The molecule has 0 saturated heterocycles. The Kier molecular flexibility index (Phi) is 6.13. The van der Waals surface area contributed by atoms with Crippen LogP contribution in [0.3, 0.4) is 0 Å².